The predicted molar refractivity (Wildman–Crippen MR) is 89.2 cm³/mol. The molecule has 5 nitrogen and oxygen atoms in total. The Bertz CT molecular complexity index is 537. The molecule has 1 heterocycles. The molecule has 1 aliphatic rings. The second kappa shape index (κ2) is 7.49. The van der Waals surface area contributed by atoms with Gasteiger partial charge in [-0.2, -0.15) is 0 Å². The lowest BCUT2D eigenvalue weighted by Crippen LogP contribution is -2.42. The molecule has 0 N–H and O–H groups in total. The first kappa shape index (κ1) is 17.3. The van der Waals surface area contributed by atoms with Gasteiger partial charge in [0.25, 0.3) is 5.91 Å². The maximum Gasteiger partial charge on any atom is 0.260 e. The molecule has 1 aliphatic heterocycles. The first-order valence-electron chi connectivity index (χ1n) is 8.13. The predicted octanol–water partition coefficient (Wildman–Crippen LogP) is 2.17. The van der Waals surface area contributed by atoms with Gasteiger partial charge in [-0.25, -0.2) is 0 Å². The van der Waals surface area contributed by atoms with E-state index in [0.29, 0.717) is 31.9 Å². The van der Waals surface area contributed by atoms with Crippen LogP contribution in [0.2, 0.25) is 0 Å². The van der Waals surface area contributed by atoms with E-state index in [1.165, 1.54) is 0 Å². The molecule has 1 aromatic carbocycles. The average molecular weight is 318 g/mol. The monoisotopic (exact) mass is 318 g/mol. The second-order valence-corrected chi connectivity index (χ2v) is 6.88. The lowest BCUT2D eigenvalue weighted by Gasteiger charge is -2.28. The first-order chi connectivity index (χ1) is 10.9. The molecule has 23 heavy (non-hydrogen) atoms. The van der Waals surface area contributed by atoms with E-state index in [4.69, 9.17) is 4.74 Å². The lowest BCUT2D eigenvalue weighted by molar-refractivity contribution is -0.140. The van der Waals surface area contributed by atoms with Crippen LogP contribution < -0.4 is 4.74 Å². The topological polar surface area (TPSA) is 49.9 Å². The standard InChI is InChI=1S/C18H26N2O3/c1-18(2,3)17(22)20-11-7-10-19(12-13-20)16(21)14-23-15-8-5-4-6-9-15/h4-6,8-9H,7,10-14H2,1-3H3. The van der Waals surface area contributed by atoms with Crippen molar-refractivity contribution in [1.82, 2.24) is 9.80 Å². The summed E-state index contributed by atoms with van der Waals surface area (Å²) in [6.45, 7) is 8.36. The van der Waals surface area contributed by atoms with E-state index in [0.717, 1.165) is 6.42 Å². The van der Waals surface area contributed by atoms with Gasteiger partial charge in [0.15, 0.2) is 6.61 Å². The minimum Gasteiger partial charge on any atom is -0.484 e. The van der Waals surface area contributed by atoms with Crippen LogP contribution in [0.15, 0.2) is 30.3 Å². The molecule has 126 valence electrons. The summed E-state index contributed by atoms with van der Waals surface area (Å²) in [5.41, 5.74) is -0.379. The summed E-state index contributed by atoms with van der Waals surface area (Å²) in [6.07, 6.45) is 0.804. The van der Waals surface area contributed by atoms with Crippen LogP contribution in [0.1, 0.15) is 27.2 Å². The SMILES string of the molecule is CC(C)(C)C(=O)N1CCCN(C(=O)COc2ccccc2)CC1. The molecule has 2 amide bonds. The van der Waals surface area contributed by atoms with Crippen molar-refractivity contribution in [2.45, 2.75) is 27.2 Å². The normalized spacial score (nSPS) is 16.0. The Morgan fingerprint density at radius 2 is 1.61 bits per heavy atom. The number of nitrogens with zero attached hydrogens (tertiary/aromatic N) is 2. The van der Waals surface area contributed by atoms with Crippen molar-refractivity contribution in [2.75, 3.05) is 32.8 Å². The quantitative estimate of drug-likeness (QED) is 0.858. The highest BCUT2D eigenvalue weighted by Crippen LogP contribution is 2.18. The third-order valence-corrected chi connectivity index (χ3v) is 3.88. The fraction of sp³-hybridized carbons (Fsp3) is 0.556. The summed E-state index contributed by atoms with van der Waals surface area (Å²) in [6, 6.07) is 9.33. The molecule has 0 aliphatic carbocycles. The Morgan fingerprint density at radius 1 is 1.00 bits per heavy atom. The number of para-hydroxylation sites is 1. The van der Waals surface area contributed by atoms with Gasteiger partial charge in [0, 0.05) is 31.6 Å². The summed E-state index contributed by atoms with van der Waals surface area (Å²) in [5, 5.41) is 0. The van der Waals surface area contributed by atoms with Crippen LogP contribution in [0.3, 0.4) is 0 Å². The summed E-state index contributed by atoms with van der Waals surface area (Å²) in [4.78, 5) is 28.3. The van der Waals surface area contributed by atoms with Crippen molar-refractivity contribution >= 4 is 11.8 Å². The molecule has 0 aromatic heterocycles. The lowest BCUT2D eigenvalue weighted by atomic mass is 9.94. The Labute approximate surface area is 138 Å². The molecule has 2 rings (SSSR count). The highest BCUT2D eigenvalue weighted by Gasteiger charge is 2.29. The fourth-order valence-corrected chi connectivity index (χ4v) is 2.60. The number of rotatable bonds is 3. The van der Waals surface area contributed by atoms with Gasteiger partial charge >= 0.3 is 0 Å². The smallest absolute Gasteiger partial charge is 0.260 e. The molecule has 0 spiro atoms. The van der Waals surface area contributed by atoms with E-state index in [1.807, 2.05) is 56.0 Å². The van der Waals surface area contributed by atoms with E-state index in [2.05, 4.69) is 0 Å². The summed E-state index contributed by atoms with van der Waals surface area (Å²) in [5.74, 6) is 0.812. The highest BCUT2D eigenvalue weighted by molar-refractivity contribution is 5.82. The van der Waals surface area contributed by atoms with Crippen LogP contribution in [0.5, 0.6) is 5.75 Å². The number of carbonyl (C=O) groups excluding carboxylic acids is 2. The van der Waals surface area contributed by atoms with E-state index in [1.54, 1.807) is 4.90 Å². The van der Waals surface area contributed by atoms with Gasteiger partial charge in [-0.3, -0.25) is 9.59 Å². The molecular formula is C18H26N2O3. The second-order valence-electron chi connectivity index (χ2n) is 6.88. The molecule has 1 aromatic rings. The minimum absolute atomic E-state index is 0.0288. The van der Waals surface area contributed by atoms with Crippen LogP contribution in [0, 0.1) is 5.41 Å². The van der Waals surface area contributed by atoms with Crippen LogP contribution in [0.4, 0.5) is 0 Å². The number of amides is 2. The average Bonchev–Trinajstić information content (AvgIpc) is 2.78. The summed E-state index contributed by atoms with van der Waals surface area (Å²) >= 11 is 0. The first-order valence-corrected chi connectivity index (χ1v) is 8.13. The molecule has 0 saturated carbocycles. The Hall–Kier alpha value is -2.04. The van der Waals surface area contributed by atoms with Crippen LogP contribution in [-0.4, -0.2) is 54.4 Å². The van der Waals surface area contributed by atoms with E-state index < -0.39 is 0 Å². The Balaban J connectivity index is 1.85. The Morgan fingerprint density at radius 3 is 2.26 bits per heavy atom. The number of benzene rings is 1. The number of ether oxygens (including phenoxy) is 1. The zero-order chi connectivity index (χ0) is 16.9. The summed E-state index contributed by atoms with van der Waals surface area (Å²) < 4.78 is 5.52. The van der Waals surface area contributed by atoms with Crippen molar-refractivity contribution in [2.24, 2.45) is 5.41 Å². The van der Waals surface area contributed by atoms with Gasteiger partial charge in [-0.15, -0.1) is 0 Å². The van der Waals surface area contributed by atoms with Crippen LogP contribution in [-0.2, 0) is 9.59 Å². The van der Waals surface area contributed by atoms with Gasteiger partial charge in [0.05, 0.1) is 0 Å². The minimum atomic E-state index is -0.379. The molecular weight excluding hydrogens is 292 g/mol. The van der Waals surface area contributed by atoms with Gasteiger partial charge in [0.1, 0.15) is 5.75 Å². The van der Waals surface area contributed by atoms with Gasteiger partial charge < -0.3 is 14.5 Å². The maximum atomic E-state index is 12.4. The number of hydrogen-bond donors (Lipinski definition) is 0. The van der Waals surface area contributed by atoms with Crippen LogP contribution >= 0.6 is 0 Å². The Kier molecular flexibility index (Phi) is 5.64. The molecule has 0 unspecified atom stereocenters. The van der Waals surface area contributed by atoms with Crippen molar-refractivity contribution in [3.8, 4) is 5.75 Å². The third kappa shape index (κ3) is 4.98. The van der Waals surface area contributed by atoms with Gasteiger partial charge in [-0.1, -0.05) is 39.0 Å². The maximum absolute atomic E-state index is 12.4. The van der Waals surface area contributed by atoms with E-state index in [9.17, 15) is 9.59 Å². The molecule has 0 bridgehead atoms. The summed E-state index contributed by atoms with van der Waals surface area (Å²) in [7, 11) is 0. The number of hydrogen-bond acceptors (Lipinski definition) is 3. The molecule has 0 radical (unpaired) electrons. The third-order valence-electron chi connectivity index (χ3n) is 3.88. The molecule has 1 saturated heterocycles. The van der Waals surface area contributed by atoms with Crippen molar-refractivity contribution in [1.29, 1.82) is 0 Å². The molecule has 0 atom stereocenters. The van der Waals surface area contributed by atoms with Crippen molar-refractivity contribution < 1.29 is 14.3 Å². The zero-order valence-electron chi connectivity index (χ0n) is 14.2. The zero-order valence-corrected chi connectivity index (χ0v) is 14.2. The largest absolute Gasteiger partial charge is 0.484 e. The molecule has 1 fully saturated rings. The van der Waals surface area contributed by atoms with E-state index >= 15 is 0 Å². The van der Waals surface area contributed by atoms with Gasteiger partial charge in [-0.05, 0) is 18.6 Å². The van der Waals surface area contributed by atoms with Gasteiger partial charge in [0.2, 0.25) is 5.91 Å². The van der Waals surface area contributed by atoms with Crippen molar-refractivity contribution in [3.63, 3.8) is 0 Å². The molecule has 5 heteroatoms. The van der Waals surface area contributed by atoms with E-state index in [-0.39, 0.29) is 23.8 Å². The number of carbonyl (C=O) groups is 2. The van der Waals surface area contributed by atoms with Crippen molar-refractivity contribution in [3.05, 3.63) is 30.3 Å². The van der Waals surface area contributed by atoms with Crippen LogP contribution in [0.25, 0.3) is 0 Å². The highest BCUT2D eigenvalue weighted by atomic mass is 16.5. The fourth-order valence-electron chi connectivity index (χ4n) is 2.60.